The highest BCUT2D eigenvalue weighted by Crippen LogP contribution is 2.24. The quantitative estimate of drug-likeness (QED) is 0.928. The van der Waals surface area contributed by atoms with E-state index in [0.29, 0.717) is 6.04 Å². The molecule has 1 aromatic carbocycles. The van der Waals surface area contributed by atoms with Crippen molar-refractivity contribution in [2.45, 2.75) is 57.8 Å². The van der Waals surface area contributed by atoms with Crippen molar-refractivity contribution >= 4 is 5.91 Å². The second kappa shape index (κ2) is 6.80. The van der Waals surface area contributed by atoms with Crippen molar-refractivity contribution in [3.05, 3.63) is 35.9 Å². The number of amides is 1. The van der Waals surface area contributed by atoms with Crippen molar-refractivity contribution in [1.29, 1.82) is 0 Å². The lowest BCUT2D eigenvalue weighted by Crippen LogP contribution is -2.56. The SMILES string of the molecule is C[C@@H]1C[C@@H](N(C)C(=O)C(C)(C)N)CCN1Cc1ccccc1. The van der Waals surface area contributed by atoms with Crippen LogP contribution in [-0.2, 0) is 11.3 Å². The second-order valence-electron chi connectivity index (χ2n) is 7.12. The molecule has 0 saturated carbocycles. The van der Waals surface area contributed by atoms with Crippen molar-refractivity contribution in [2.75, 3.05) is 13.6 Å². The first-order valence-corrected chi connectivity index (χ1v) is 8.13. The smallest absolute Gasteiger partial charge is 0.242 e. The minimum atomic E-state index is -0.792. The maximum atomic E-state index is 12.3. The van der Waals surface area contributed by atoms with Gasteiger partial charge in [-0.05, 0) is 39.2 Å². The number of hydrogen-bond acceptors (Lipinski definition) is 3. The number of hydrogen-bond donors (Lipinski definition) is 1. The normalized spacial score (nSPS) is 23.3. The highest BCUT2D eigenvalue weighted by Gasteiger charge is 2.34. The molecule has 0 unspecified atom stereocenters. The van der Waals surface area contributed by atoms with E-state index in [4.69, 9.17) is 5.73 Å². The zero-order chi connectivity index (χ0) is 16.3. The van der Waals surface area contributed by atoms with Crippen molar-refractivity contribution in [3.63, 3.8) is 0 Å². The predicted molar refractivity (Wildman–Crippen MR) is 90.4 cm³/mol. The van der Waals surface area contributed by atoms with Crippen molar-refractivity contribution in [3.8, 4) is 0 Å². The molecule has 0 bridgehead atoms. The summed E-state index contributed by atoms with van der Waals surface area (Å²) in [5.41, 5.74) is 6.50. The fourth-order valence-corrected chi connectivity index (χ4v) is 3.22. The molecular formula is C18H29N3O. The lowest BCUT2D eigenvalue weighted by Gasteiger charge is -2.42. The average Bonchev–Trinajstić information content (AvgIpc) is 2.48. The minimum absolute atomic E-state index is 0.0289. The Balaban J connectivity index is 1.94. The van der Waals surface area contributed by atoms with E-state index < -0.39 is 5.54 Å². The fraction of sp³-hybridized carbons (Fsp3) is 0.611. The minimum Gasteiger partial charge on any atom is -0.341 e. The number of benzene rings is 1. The van der Waals surface area contributed by atoms with E-state index in [1.54, 1.807) is 13.8 Å². The number of likely N-dealkylation sites (tertiary alicyclic amines) is 1. The first kappa shape index (κ1) is 17.0. The Morgan fingerprint density at radius 2 is 2.00 bits per heavy atom. The third-order valence-electron chi connectivity index (χ3n) is 4.63. The number of piperidine rings is 1. The second-order valence-corrected chi connectivity index (χ2v) is 7.12. The molecule has 4 nitrogen and oxygen atoms in total. The van der Waals surface area contributed by atoms with Gasteiger partial charge in [0.25, 0.3) is 0 Å². The van der Waals surface area contributed by atoms with E-state index >= 15 is 0 Å². The number of likely N-dealkylation sites (N-methyl/N-ethyl adjacent to an activating group) is 1. The molecule has 1 amide bonds. The van der Waals surface area contributed by atoms with E-state index in [9.17, 15) is 4.79 Å². The van der Waals surface area contributed by atoms with Gasteiger partial charge in [0.2, 0.25) is 5.91 Å². The van der Waals surface area contributed by atoms with Crippen LogP contribution in [0.25, 0.3) is 0 Å². The van der Waals surface area contributed by atoms with Crippen LogP contribution in [0.2, 0.25) is 0 Å². The fourth-order valence-electron chi connectivity index (χ4n) is 3.22. The summed E-state index contributed by atoms with van der Waals surface area (Å²) in [4.78, 5) is 16.7. The molecule has 0 aromatic heterocycles. The monoisotopic (exact) mass is 303 g/mol. The number of rotatable bonds is 4. The molecule has 4 heteroatoms. The van der Waals surface area contributed by atoms with Crippen LogP contribution >= 0.6 is 0 Å². The van der Waals surface area contributed by atoms with Gasteiger partial charge in [-0.15, -0.1) is 0 Å². The molecule has 122 valence electrons. The van der Waals surface area contributed by atoms with Gasteiger partial charge in [0, 0.05) is 32.2 Å². The van der Waals surface area contributed by atoms with Gasteiger partial charge in [-0.1, -0.05) is 30.3 Å². The number of nitrogens with zero attached hydrogens (tertiary/aromatic N) is 2. The average molecular weight is 303 g/mol. The molecule has 1 aliphatic rings. The van der Waals surface area contributed by atoms with Gasteiger partial charge in [0.1, 0.15) is 0 Å². The van der Waals surface area contributed by atoms with Gasteiger partial charge in [0.05, 0.1) is 5.54 Å². The van der Waals surface area contributed by atoms with Crippen molar-refractivity contribution in [1.82, 2.24) is 9.80 Å². The van der Waals surface area contributed by atoms with E-state index in [1.165, 1.54) is 5.56 Å². The highest BCUT2D eigenvalue weighted by atomic mass is 16.2. The summed E-state index contributed by atoms with van der Waals surface area (Å²) in [5, 5.41) is 0. The summed E-state index contributed by atoms with van der Waals surface area (Å²) in [6, 6.07) is 11.3. The van der Waals surface area contributed by atoms with E-state index in [2.05, 4.69) is 36.1 Å². The van der Waals surface area contributed by atoms with Gasteiger partial charge in [0.15, 0.2) is 0 Å². The Morgan fingerprint density at radius 3 is 2.55 bits per heavy atom. The lowest BCUT2D eigenvalue weighted by molar-refractivity contribution is -0.137. The third kappa shape index (κ3) is 4.08. The van der Waals surface area contributed by atoms with Crippen molar-refractivity contribution in [2.24, 2.45) is 5.73 Å². The standard InChI is InChI=1S/C18H29N3O/c1-14-12-16(20(4)17(22)18(2,3)19)10-11-21(14)13-15-8-6-5-7-9-15/h5-9,14,16H,10-13,19H2,1-4H3/t14-,16+/m1/s1. The van der Waals surface area contributed by atoms with Gasteiger partial charge < -0.3 is 10.6 Å². The van der Waals surface area contributed by atoms with E-state index in [1.807, 2.05) is 18.0 Å². The topological polar surface area (TPSA) is 49.6 Å². The first-order chi connectivity index (χ1) is 10.3. The molecule has 0 spiro atoms. The molecule has 2 atom stereocenters. The summed E-state index contributed by atoms with van der Waals surface area (Å²) in [6.07, 6.45) is 2.01. The van der Waals surface area contributed by atoms with Crippen LogP contribution in [0, 0.1) is 0 Å². The molecule has 2 N–H and O–H groups in total. The molecule has 1 aliphatic heterocycles. The van der Waals surface area contributed by atoms with Crippen LogP contribution in [-0.4, -0.2) is 46.9 Å². The third-order valence-corrected chi connectivity index (χ3v) is 4.63. The first-order valence-electron chi connectivity index (χ1n) is 8.13. The molecule has 1 fully saturated rings. The molecule has 22 heavy (non-hydrogen) atoms. The van der Waals surface area contributed by atoms with Crippen LogP contribution in [0.4, 0.5) is 0 Å². The Hall–Kier alpha value is -1.39. The lowest BCUT2D eigenvalue weighted by atomic mass is 9.94. The molecule has 1 saturated heterocycles. The zero-order valence-electron chi connectivity index (χ0n) is 14.2. The van der Waals surface area contributed by atoms with Gasteiger partial charge in [-0.25, -0.2) is 0 Å². The summed E-state index contributed by atoms with van der Waals surface area (Å²) < 4.78 is 0. The molecule has 2 rings (SSSR count). The Labute approximate surface area is 134 Å². The van der Waals surface area contributed by atoms with Gasteiger partial charge in [-0.3, -0.25) is 9.69 Å². The van der Waals surface area contributed by atoms with Crippen LogP contribution in [0.5, 0.6) is 0 Å². The van der Waals surface area contributed by atoms with E-state index in [0.717, 1.165) is 25.9 Å². The number of carbonyl (C=O) groups excluding carboxylic acids is 1. The van der Waals surface area contributed by atoms with Crippen molar-refractivity contribution < 1.29 is 4.79 Å². The summed E-state index contributed by atoms with van der Waals surface area (Å²) >= 11 is 0. The van der Waals surface area contributed by atoms with Gasteiger partial charge >= 0.3 is 0 Å². The Bertz CT molecular complexity index is 495. The van der Waals surface area contributed by atoms with E-state index in [-0.39, 0.29) is 11.9 Å². The van der Waals surface area contributed by atoms with Crippen LogP contribution in [0.15, 0.2) is 30.3 Å². The zero-order valence-corrected chi connectivity index (χ0v) is 14.2. The molecule has 1 heterocycles. The van der Waals surface area contributed by atoms with Crippen LogP contribution < -0.4 is 5.73 Å². The summed E-state index contributed by atoms with van der Waals surface area (Å²) in [5.74, 6) is 0.0289. The van der Waals surface area contributed by atoms with Crippen LogP contribution in [0.3, 0.4) is 0 Å². The predicted octanol–water partition coefficient (Wildman–Crippen LogP) is 2.24. The molecular weight excluding hydrogens is 274 g/mol. The molecule has 1 aromatic rings. The summed E-state index contributed by atoms with van der Waals surface area (Å²) in [6.45, 7) is 7.80. The highest BCUT2D eigenvalue weighted by molar-refractivity contribution is 5.85. The Morgan fingerprint density at radius 1 is 1.36 bits per heavy atom. The maximum Gasteiger partial charge on any atom is 0.242 e. The molecule has 0 radical (unpaired) electrons. The number of carbonyl (C=O) groups is 1. The Kier molecular flexibility index (Phi) is 5.24. The number of nitrogens with two attached hydrogens (primary N) is 1. The van der Waals surface area contributed by atoms with Gasteiger partial charge in [-0.2, -0.15) is 0 Å². The molecule has 0 aliphatic carbocycles. The largest absolute Gasteiger partial charge is 0.341 e. The van der Waals surface area contributed by atoms with Crippen LogP contribution in [0.1, 0.15) is 39.2 Å². The maximum absolute atomic E-state index is 12.3. The summed E-state index contributed by atoms with van der Waals surface area (Å²) in [7, 11) is 1.89.